The van der Waals surface area contributed by atoms with Crippen molar-refractivity contribution in [2.45, 2.75) is 26.3 Å². The molecule has 0 bridgehead atoms. The van der Waals surface area contributed by atoms with Gasteiger partial charge in [-0.1, -0.05) is 12.1 Å². The van der Waals surface area contributed by atoms with Crippen LogP contribution in [0.25, 0.3) is 0 Å². The van der Waals surface area contributed by atoms with Crippen LogP contribution in [-0.4, -0.2) is 36.3 Å². The summed E-state index contributed by atoms with van der Waals surface area (Å²) in [5.41, 5.74) is 7.13. The van der Waals surface area contributed by atoms with Crippen molar-refractivity contribution in [3.8, 4) is 0 Å². The van der Waals surface area contributed by atoms with Gasteiger partial charge in [0.05, 0.1) is 13.0 Å². The number of hydrogen-bond acceptors (Lipinski definition) is 3. The number of anilines is 1. The molecule has 0 aliphatic carbocycles. The first-order valence-corrected chi connectivity index (χ1v) is 6.26. The van der Waals surface area contributed by atoms with E-state index < -0.39 is 0 Å². The van der Waals surface area contributed by atoms with Crippen molar-refractivity contribution in [2.75, 3.05) is 19.3 Å². The number of carbonyl (C=O) groups excluding carboxylic acids is 2. The van der Waals surface area contributed by atoms with Crippen molar-refractivity contribution in [1.29, 1.82) is 0 Å². The largest absolute Gasteiger partial charge is 0.399 e. The Morgan fingerprint density at radius 1 is 1.25 bits per heavy atom. The lowest BCUT2D eigenvalue weighted by Gasteiger charge is -2.18. The van der Waals surface area contributed by atoms with E-state index in [0.29, 0.717) is 5.69 Å². The number of amides is 2. The number of nitrogens with two attached hydrogens (primary N) is 1. The standard InChI is InChI=1S/C14H21N3O2.ClH/c1-10(2)16-13(18)9-17(3)14(19)8-11-4-6-12(15)7-5-11;/h4-7,10H,8-9,15H2,1-3H3,(H,16,18);1H. The molecule has 0 atom stereocenters. The van der Waals surface area contributed by atoms with Gasteiger partial charge in [-0.15, -0.1) is 12.4 Å². The minimum atomic E-state index is -0.150. The number of hydrogen-bond donors (Lipinski definition) is 2. The summed E-state index contributed by atoms with van der Waals surface area (Å²) in [4.78, 5) is 24.9. The maximum Gasteiger partial charge on any atom is 0.239 e. The Kier molecular flexibility index (Phi) is 7.69. The van der Waals surface area contributed by atoms with Crippen molar-refractivity contribution in [1.82, 2.24) is 10.2 Å². The van der Waals surface area contributed by atoms with Gasteiger partial charge in [0.2, 0.25) is 11.8 Å². The van der Waals surface area contributed by atoms with Crippen LogP contribution in [0.2, 0.25) is 0 Å². The highest BCUT2D eigenvalue weighted by Gasteiger charge is 2.13. The van der Waals surface area contributed by atoms with E-state index in [1.54, 1.807) is 19.2 Å². The third-order valence-corrected chi connectivity index (χ3v) is 2.59. The summed E-state index contributed by atoms with van der Waals surface area (Å²) in [6, 6.07) is 7.22. The molecule has 0 saturated carbocycles. The van der Waals surface area contributed by atoms with Crippen molar-refractivity contribution >= 4 is 29.9 Å². The molecule has 0 heterocycles. The summed E-state index contributed by atoms with van der Waals surface area (Å²) in [5.74, 6) is -0.244. The number of carbonyl (C=O) groups is 2. The summed E-state index contributed by atoms with van der Waals surface area (Å²) in [6.45, 7) is 3.84. The van der Waals surface area contributed by atoms with Gasteiger partial charge < -0.3 is 16.0 Å². The predicted molar refractivity (Wildman–Crippen MR) is 82.7 cm³/mol. The van der Waals surface area contributed by atoms with Crippen LogP contribution in [0, 0.1) is 0 Å². The van der Waals surface area contributed by atoms with Crippen LogP contribution in [0.3, 0.4) is 0 Å². The molecular weight excluding hydrogens is 278 g/mol. The number of nitrogens with one attached hydrogen (secondary N) is 1. The Labute approximate surface area is 125 Å². The predicted octanol–water partition coefficient (Wildman–Crippen LogP) is 1.22. The van der Waals surface area contributed by atoms with Gasteiger partial charge in [0, 0.05) is 18.8 Å². The van der Waals surface area contributed by atoms with Crippen LogP contribution < -0.4 is 11.1 Å². The summed E-state index contributed by atoms with van der Waals surface area (Å²) in [5, 5.41) is 2.75. The number of halogens is 1. The van der Waals surface area contributed by atoms with E-state index in [2.05, 4.69) is 5.32 Å². The van der Waals surface area contributed by atoms with Gasteiger partial charge >= 0.3 is 0 Å². The van der Waals surface area contributed by atoms with Gasteiger partial charge in [-0.3, -0.25) is 9.59 Å². The molecule has 5 nitrogen and oxygen atoms in total. The molecule has 1 aromatic rings. The van der Waals surface area contributed by atoms with E-state index in [1.807, 2.05) is 26.0 Å². The third kappa shape index (κ3) is 6.43. The van der Waals surface area contributed by atoms with Crippen molar-refractivity contribution < 1.29 is 9.59 Å². The first-order chi connectivity index (χ1) is 8.88. The third-order valence-electron chi connectivity index (χ3n) is 2.59. The van der Waals surface area contributed by atoms with Crippen molar-refractivity contribution in [3.05, 3.63) is 29.8 Å². The zero-order valence-corrected chi connectivity index (χ0v) is 12.9. The molecule has 6 heteroatoms. The zero-order chi connectivity index (χ0) is 14.4. The maximum absolute atomic E-state index is 11.9. The van der Waals surface area contributed by atoms with E-state index in [0.717, 1.165) is 5.56 Å². The van der Waals surface area contributed by atoms with Gasteiger partial charge in [0.15, 0.2) is 0 Å². The average molecular weight is 300 g/mol. The molecule has 1 rings (SSSR count). The second kappa shape index (κ2) is 8.43. The Balaban J connectivity index is 0.00000361. The van der Waals surface area contributed by atoms with Crippen LogP contribution in [0.5, 0.6) is 0 Å². The lowest BCUT2D eigenvalue weighted by molar-refractivity contribution is -0.134. The Hall–Kier alpha value is -1.75. The van der Waals surface area contributed by atoms with Gasteiger partial charge in [0.25, 0.3) is 0 Å². The second-order valence-corrected chi connectivity index (χ2v) is 4.89. The highest BCUT2D eigenvalue weighted by molar-refractivity contribution is 5.86. The fourth-order valence-corrected chi connectivity index (χ4v) is 1.62. The minimum absolute atomic E-state index is 0. The smallest absolute Gasteiger partial charge is 0.239 e. The van der Waals surface area contributed by atoms with E-state index in [9.17, 15) is 9.59 Å². The molecule has 112 valence electrons. The quantitative estimate of drug-likeness (QED) is 0.803. The van der Waals surface area contributed by atoms with E-state index >= 15 is 0 Å². The van der Waals surface area contributed by atoms with E-state index in [1.165, 1.54) is 4.90 Å². The van der Waals surface area contributed by atoms with Crippen LogP contribution in [0.1, 0.15) is 19.4 Å². The molecule has 2 amide bonds. The highest BCUT2D eigenvalue weighted by atomic mass is 35.5. The molecule has 0 radical (unpaired) electrons. The molecule has 0 fully saturated rings. The molecular formula is C14H22ClN3O2. The summed E-state index contributed by atoms with van der Waals surface area (Å²) >= 11 is 0. The van der Waals surface area contributed by atoms with E-state index in [-0.39, 0.29) is 43.2 Å². The maximum atomic E-state index is 11.9. The number of nitrogens with zero attached hydrogens (tertiary/aromatic N) is 1. The summed E-state index contributed by atoms with van der Waals surface area (Å²) in [6.07, 6.45) is 0.270. The van der Waals surface area contributed by atoms with Crippen molar-refractivity contribution in [2.24, 2.45) is 0 Å². The molecule has 1 aromatic carbocycles. The minimum Gasteiger partial charge on any atom is -0.399 e. The molecule has 0 aromatic heterocycles. The topological polar surface area (TPSA) is 75.4 Å². The van der Waals surface area contributed by atoms with Gasteiger partial charge in [0.1, 0.15) is 0 Å². The molecule has 3 N–H and O–H groups in total. The Bertz CT molecular complexity index is 446. The number of nitrogen functional groups attached to an aromatic ring is 1. The normalized spacial score (nSPS) is 9.80. The van der Waals surface area contributed by atoms with Crippen LogP contribution >= 0.6 is 12.4 Å². The highest BCUT2D eigenvalue weighted by Crippen LogP contribution is 2.07. The Morgan fingerprint density at radius 3 is 2.30 bits per heavy atom. The summed E-state index contributed by atoms with van der Waals surface area (Å²) < 4.78 is 0. The molecule has 0 aliphatic rings. The molecule has 0 saturated heterocycles. The average Bonchev–Trinajstić information content (AvgIpc) is 2.30. The summed E-state index contributed by atoms with van der Waals surface area (Å²) in [7, 11) is 1.62. The lowest BCUT2D eigenvalue weighted by atomic mass is 10.1. The van der Waals surface area contributed by atoms with Gasteiger partial charge in [-0.25, -0.2) is 0 Å². The number of rotatable bonds is 5. The van der Waals surface area contributed by atoms with Crippen molar-refractivity contribution in [3.63, 3.8) is 0 Å². The second-order valence-electron chi connectivity index (χ2n) is 4.89. The number of benzene rings is 1. The zero-order valence-electron chi connectivity index (χ0n) is 12.1. The molecule has 0 aliphatic heterocycles. The first-order valence-electron chi connectivity index (χ1n) is 6.26. The van der Waals surface area contributed by atoms with Gasteiger partial charge in [-0.2, -0.15) is 0 Å². The Morgan fingerprint density at radius 2 is 1.80 bits per heavy atom. The van der Waals surface area contributed by atoms with E-state index in [4.69, 9.17) is 5.73 Å². The van der Waals surface area contributed by atoms with Gasteiger partial charge in [-0.05, 0) is 31.5 Å². The molecule has 0 unspecified atom stereocenters. The van der Waals surface area contributed by atoms with Crippen LogP contribution in [0.15, 0.2) is 24.3 Å². The SMILES string of the molecule is CC(C)NC(=O)CN(C)C(=O)Cc1ccc(N)cc1.Cl. The molecule has 0 spiro atoms. The van der Waals surface area contributed by atoms with Crippen LogP contribution in [-0.2, 0) is 16.0 Å². The number of likely N-dealkylation sites (N-methyl/N-ethyl adjacent to an activating group) is 1. The van der Waals surface area contributed by atoms with Crippen LogP contribution in [0.4, 0.5) is 5.69 Å². The monoisotopic (exact) mass is 299 g/mol. The lowest BCUT2D eigenvalue weighted by Crippen LogP contribution is -2.41. The fraction of sp³-hybridized carbons (Fsp3) is 0.429. The fourth-order valence-electron chi connectivity index (χ4n) is 1.62. The first kappa shape index (κ1) is 18.2. The molecule has 20 heavy (non-hydrogen) atoms.